The minimum atomic E-state index is -0.489. The van der Waals surface area contributed by atoms with Crippen LogP contribution in [0.3, 0.4) is 0 Å². The maximum Gasteiger partial charge on any atom is 0.255 e. The molecule has 4 nitrogen and oxygen atoms in total. The quantitative estimate of drug-likeness (QED) is 0.828. The fourth-order valence-electron chi connectivity index (χ4n) is 2.31. The Morgan fingerprint density at radius 3 is 2.54 bits per heavy atom. The second kappa shape index (κ2) is 8.06. The molecule has 24 heavy (non-hydrogen) atoms. The number of nitrogens with one attached hydrogen (secondary N) is 1. The van der Waals surface area contributed by atoms with Gasteiger partial charge in [-0.2, -0.15) is 0 Å². The fourth-order valence-corrected chi connectivity index (χ4v) is 2.78. The van der Waals surface area contributed by atoms with Crippen molar-refractivity contribution < 1.29 is 14.0 Å². The van der Waals surface area contributed by atoms with Gasteiger partial charge in [-0.3, -0.25) is 9.59 Å². The average Bonchev–Trinajstić information content (AvgIpc) is 2.52. The first-order chi connectivity index (χ1) is 11.4. The SMILES string of the molecule is CCN(Cc1ccccc1NC(=O)c1cc(F)cc(Br)c1)C(C)=O. The Bertz CT molecular complexity index is 744. The number of para-hydroxylation sites is 1. The van der Waals surface area contributed by atoms with Crippen molar-refractivity contribution in [1.29, 1.82) is 0 Å². The lowest BCUT2D eigenvalue weighted by Gasteiger charge is -2.21. The van der Waals surface area contributed by atoms with Crippen molar-refractivity contribution in [1.82, 2.24) is 4.90 Å². The van der Waals surface area contributed by atoms with Crippen molar-refractivity contribution in [2.45, 2.75) is 20.4 Å². The van der Waals surface area contributed by atoms with Crippen LogP contribution < -0.4 is 5.32 Å². The third kappa shape index (κ3) is 4.64. The molecule has 0 bridgehead atoms. The van der Waals surface area contributed by atoms with Crippen LogP contribution in [0.2, 0.25) is 0 Å². The number of hydrogen-bond acceptors (Lipinski definition) is 2. The molecule has 0 saturated heterocycles. The second-order valence-electron chi connectivity index (χ2n) is 5.30. The molecule has 6 heteroatoms. The van der Waals surface area contributed by atoms with Gasteiger partial charge in [0.25, 0.3) is 5.91 Å². The van der Waals surface area contributed by atoms with Gasteiger partial charge in [0.1, 0.15) is 5.82 Å². The molecule has 126 valence electrons. The lowest BCUT2D eigenvalue weighted by molar-refractivity contribution is -0.129. The van der Waals surface area contributed by atoms with Gasteiger partial charge in [-0.1, -0.05) is 34.1 Å². The highest BCUT2D eigenvalue weighted by molar-refractivity contribution is 9.10. The van der Waals surface area contributed by atoms with Crippen molar-refractivity contribution in [3.8, 4) is 0 Å². The van der Waals surface area contributed by atoms with Gasteiger partial charge in [0.2, 0.25) is 5.91 Å². The fraction of sp³-hybridized carbons (Fsp3) is 0.222. The van der Waals surface area contributed by atoms with E-state index in [1.807, 2.05) is 19.1 Å². The first kappa shape index (κ1) is 18.1. The van der Waals surface area contributed by atoms with Gasteiger partial charge in [-0.15, -0.1) is 0 Å². The molecule has 0 aliphatic carbocycles. The van der Waals surface area contributed by atoms with E-state index in [0.29, 0.717) is 23.2 Å². The number of anilines is 1. The smallest absolute Gasteiger partial charge is 0.255 e. The molecule has 0 heterocycles. The lowest BCUT2D eigenvalue weighted by Crippen LogP contribution is -2.28. The molecule has 0 unspecified atom stereocenters. The van der Waals surface area contributed by atoms with Crippen molar-refractivity contribution in [3.63, 3.8) is 0 Å². The predicted molar refractivity (Wildman–Crippen MR) is 95.3 cm³/mol. The Labute approximate surface area is 148 Å². The van der Waals surface area contributed by atoms with Crippen LogP contribution in [-0.4, -0.2) is 23.3 Å². The molecule has 2 amide bonds. The Balaban J connectivity index is 2.23. The maximum atomic E-state index is 13.5. The minimum Gasteiger partial charge on any atom is -0.339 e. The molecular formula is C18H18BrFN2O2. The zero-order valence-corrected chi connectivity index (χ0v) is 15.1. The Morgan fingerprint density at radius 1 is 1.21 bits per heavy atom. The van der Waals surface area contributed by atoms with Gasteiger partial charge in [0, 0.05) is 35.7 Å². The van der Waals surface area contributed by atoms with E-state index in [1.54, 1.807) is 23.1 Å². The molecule has 0 aromatic heterocycles. The third-order valence-electron chi connectivity index (χ3n) is 3.58. The number of nitrogens with zero attached hydrogens (tertiary/aromatic N) is 1. The Hall–Kier alpha value is -2.21. The first-order valence-corrected chi connectivity index (χ1v) is 8.31. The van der Waals surface area contributed by atoms with Crippen LogP contribution in [0.4, 0.5) is 10.1 Å². The summed E-state index contributed by atoms with van der Waals surface area (Å²) < 4.78 is 14.0. The summed E-state index contributed by atoms with van der Waals surface area (Å²) in [6.45, 7) is 4.38. The zero-order valence-electron chi connectivity index (χ0n) is 13.5. The van der Waals surface area contributed by atoms with Crippen LogP contribution in [0.1, 0.15) is 29.8 Å². The molecular weight excluding hydrogens is 375 g/mol. The second-order valence-corrected chi connectivity index (χ2v) is 6.22. The lowest BCUT2D eigenvalue weighted by atomic mass is 10.1. The zero-order chi connectivity index (χ0) is 17.7. The van der Waals surface area contributed by atoms with Gasteiger partial charge in [-0.25, -0.2) is 4.39 Å². The molecule has 0 atom stereocenters. The summed E-state index contributed by atoms with van der Waals surface area (Å²) in [4.78, 5) is 25.7. The van der Waals surface area contributed by atoms with E-state index < -0.39 is 11.7 Å². The summed E-state index contributed by atoms with van der Waals surface area (Å²) >= 11 is 3.18. The maximum absolute atomic E-state index is 13.5. The highest BCUT2D eigenvalue weighted by Gasteiger charge is 2.13. The van der Waals surface area contributed by atoms with Crippen LogP contribution in [0.25, 0.3) is 0 Å². The Morgan fingerprint density at radius 2 is 1.92 bits per heavy atom. The van der Waals surface area contributed by atoms with E-state index >= 15 is 0 Å². The summed E-state index contributed by atoms with van der Waals surface area (Å²) in [6, 6.07) is 11.3. The van der Waals surface area contributed by atoms with Crippen LogP contribution >= 0.6 is 15.9 Å². The minimum absolute atomic E-state index is 0.0345. The van der Waals surface area contributed by atoms with Crippen LogP contribution in [0.15, 0.2) is 46.9 Å². The summed E-state index contributed by atoms with van der Waals surface area (Å²) in [5.74, 6) is -0.933. The highest BCUT2D eigenvalue weighted by atomic mass is 79.9. The largest absolute Gasteiger partial charge is 0.339 e. The van der Waals surface area contributed by atoms with Crippen LogP contribution in [0, 0.1) is 5.82 Å². The third-order valence-corrected chi connectivity index (χ3v) is 4.04. The van der Waals surface area contributed by atoms with E-state index in [1.165, 1.54) is 19.1 Å². The molecule has 1 N–H and O–H groups in total. The number of hydrogen-bond donors (Lipinski definition) is 1. The summed E-state index contributed by atoms with van der Waals surface area (Å²) in [7, 11) is 0. The number of benzene rings is 2. The van der Waals surface area contributed by atoms with E-state index in [9.17, 15) is 14.0 Å². The molecule has 2 rings (SSSR count). The van der Waals surface area contributed by atoms with E-state index in [0.717, 1.165) is 5.56 Å². The summed E-state index contributed by atoms with van der Waals surface area (Å²) in [5.41, 5.74) is 1.64. The summed E-state index contributed by atoms with van der Waals surface area (Å²) in [5, 5.41) is 2.79. The average molecular weight is 393 g/mol. The number of carbonyl (C=O) groups excluding carboxylic acids is 2. The molecule has 0 aliphatic rings. The molecule has 2 aromatic rings. The molecule has 0 radical (unpaired) electrons. The molecule has 2 aromatic carbocycles. The Kier molecular flexibility index (Phi) is 6.09. The number of halogens is 2. The van der Waals surface area contributed by atoms with Gasteiger partial charge in [0.05, 0.1) is 0 Å². The number of amides is 2. The van der Waals surface area contributed by atoms with Crippen molar-refractivity contribution in [2.75, 3.05) is 11.9 Å². The van der Waals surface area contributed by atoms with E-state index in [4.69, 9.17) is 0 Å². The predicted octanol–water partition coefficient (Wildman–Crippen LogP) is 4.21. The first-order valence-electron chi connectivity index (χ1n) is 7.51. The summed E-state index contributed by atoms with van der Waals surface area (Å²) in [6.07, 6.45) is 0. The molecule has 0 aliphatic heterocycles. The van der Waals surface area contributed by atoms with Gasteiger partial charge in [-0.05, 0) is 36.8 Å². The van der Waals surface area contributed by atoms with Gasteiger partial charge in [0.15, 0.2) is 0 Å². The molecule has 0 saturated carbocycles. The van der Waals surface area contributed by atoms with Crippen molar-refractivity contribution in [3.05, 3.63) is 63.9 Å². The highest BCUT2D eigenvalue weighted by Crippen LogP contribution is 2.20. The van der Waals surface area contributed by atoms with Gasteiger partial charge < -0.3 is 10.2 Å². The standard InChI is InChI=1S/C18H18BrFN2O2/c1-3-22(12(2)23)11-13-6-4-5-7-17(13)21-18(24)14-8-15(19)10-16(20)9-14/h4-10H,3,11H2,1-2H3,(H,21,24). The van der Waals surface area contributed by atoms with Crippen molar-refractivity contribution >= 4 is 33.4 Å². The van der Waals surface area contributed by atoms with E-state index in [2.05, 4.69) is 21.2 Å². The normalized spacial score (nSPS) is 10.3. The van der Waals surface area contributed by atoms with E-state index in [-0.39, 0.29) is 11.5 Å². The van der Waals surface area contributed by atoms with Crippen LogP contribution in [0.5, 0.6) is 0 Å². The molecule has 0 fully saturated rings. The monoisotopic (exact) mass is 392 g/mol. The number of carbonyl (C=O) groups is 2. The van der Waals surface area contributed by atoms with Crippen LogP contribution in [-0.2, 0) is 11.3 Å². The molecule has 0 spiro atoms. The number of rotatable bonds is 5. The topological polar surface area (TPSA) is 49.4 Å². The van der Waals surface area contributed by atoms with Crippen molar-refractivity contribution in [2.24, 2.45) is 0 Å². The van der Waals surface area contributed by atoms with Gasteiger partial charge >= 0.3 is 0 Å².